The first-order valence-electron chi connectivity index (χ1n) is 4.26. The first kappa shape index (κ1) is 10.5. The summed E-state index contributed by atoms with van der Waals surface area (Å²) in [6.07, 6.45) is -0.504. The van der Waals surface area contributed by atoms with Crippen LogP contribution in [-0.2, 0) is 6.54 Å². The second kappa shape index (κ2) is 4.61. The van der Waals surface area contributed by atoms with Crippen LogP contribution >= 0.6 is 11.6 Å². The molecule has 0 saturated carbocycles. The molecule has 0 radical (unpaired) electrons. The van der Waals surface area contributed by atoms with Crippen LogP contribution in [0.2, 0.25) is 5.02 Å². The van der Waals surface area contributed by atoms with Crippen molar-refractivity contribution < 1.29 is 5.11 Å². The van der Waals surface area contributed by atoms with Crippen LogP contribution in [0.5, 0.6) is 0 Å². The fourth-order valence-electron chi connectivity index (χ4n) is 1.14. The van der Waals surface area contributed by atoms with Gasteiger partial charge in [-0.05, 0) is 31.0 Å². The monoisotopic (exact) mass is 199 g/mol. The molecule has 0 fully saturated rings. The molecule has 1 atom stereocenters. The molecule has 0 heterocycles. The molecule has 0 aliphatic heterocycles. The van der Waals surface area contributed by atoms with E-state index < -0.39 is 6.23 Å². The van der Waals surface area contributed by atoms with Crippen molar-refractivity contribution in [3.63, 3.8) is 0 Å². The molecule has 0 spiro atoms. The number of rotatable bonds is 3. The van der Waals surface area contributed by atoms with Gasteiger partial charge in [0.2, 0.25) is 0 Å². The van der Waals surface area contributed by atoms with E-state index in [2.05, 4.69) is 5.32 Å². The van der Waals surface area contributed by atoms with Crippen molar-refractivity contribution in [2.45, 2.75) is 26.6 Å². The van der Waals surface area contributed by atoms with Crippen molar-refractivity contribution in [1.29, 1.82) is 0 Å². The highest BCUT2D eigenvalue weighted by atomic mass is 35.5. The van der Waals surface area contributed by atoms with Crippen LogP contribution in [0.1, 0.15) is 18.1 Å². The molecule has 2 N–H and O–H groups in total. The van der Waals surface area contributed by atoms with E-state index in [4.69, 9.17) is 16.7 Å². The minimum Gasteiger partial charge on any atom is -0.379 e. The van der Waals surface area contributed by atoms with Crippen LogP contribution < -0.4 is 5.32 Å². The third-order valence-electron chi connectivity index (χ3n) is 1.93. The average molecular weight is 200 g/mol. The summed E-state index contributed by atoms with van der Waals surface area (Å²) in [6, 6.07) is 5.78. The lowest BCUT2D eigenvalue weighted by Gasteiger charge is -2.11. The van der Waals surface area contributed by atoms with E-state index in [9.17, 15) is 0 Å². The Kier molecular flexibility index (Phi) is 3.72. The smallest absolute Gasteiger partial charge is 0.102 e. The summed E-state index contributed by atoms with van der Waals surface area (Å²) in [5.41, 5.74) is 2.19. The fraction of sp³-hybridized carbons (Fsp3) is 0.400. The summed E-state index contributed by atoms with van der Waals surface area (Å²) in [5.74, 6) is 0. The Morgan fingerprint density at radius 3 is 2.77 bits per heavy atom. The van der Waals surface area contributed by atoms with E-state index in [1.165, 1.54) is 0 Å². The Morgan fingerprint density at radius 1 is 1.54 bits per heavy atom. The van der Waals surface area contributed by atoms with E-state index in [0.29, 0.717) is 6.54 Å². The highest BCUT2D eigenvalue weighted by Crippen LogP contribution is 2.18. The number of hydrogen-bond donors (Lipinski definition) is 2. The molecule has 2 nitrogen and oxygen atoms in total. The lowest BCUT2D eigenvalue weighted by molar-refractivity contribution is 0.155. The molecular weight excluding hydrogens is 186 g/mol. The zero-order valence-electron chi connectivity index (χ0n) is 7.84. The maximum absolute atomic E-state index is 9.04. The van der Waals surface area contributed by atoms with Crippen molar-refractivity contribution in [2.24, 2.45) is 0 Å². The van der Waals surface area contributed by atoms with E-state index in [1.807, 2.05) is 25.1 Å². The van der Waals surface area contributed by atoms with E-state index in [0.717, 1.165) is 16.1 Å². The summed E-state index contributed by atoms with van der Waals surface area (Å²) >= 11 is 5.99. The average Bonchev–Trinajstić information content (AvgIpc) is 2.03. The lowest BCUT2D eigenvalue weighted by atomic mass is 10.1. The Hall–Kier alpha value is -0.570. The molecule has 1 unspecified atom stereocenters. The summed E-state index contributed by atoms with van der Waals surface area (Å²) in [6.45, 7) is 4.29. The Bertz CT molecular complexity index is 266. The SMILES string of the molecule is Cc1cccc(Cl)c1CNC(C)O. The van der Waals surface area contributed by atoms with Gasteiger partial charge in [-0.2, -0.15) is 0 Å². The van der Waals surface area contributed by atoms with Crippen molar-refractivity contribution in [1.82, 2.24) is 5.32 Å². The van der Waals surface area contributed by atoms with Crippen molar-refractivity contribution in [3.05, 3.63) is 34.3 Å². The summed E-state index contributed by atoms with van der Waals surface area (Å²) in [4.78, 5) is 0. The largest absolute Gasteiger partial charge is 0.379 e. The minimum absolute atomic E-state index is 0.504. The van der Waals surface area contributed by atoms with Gasteiger partial charge in [0.1, 0.15) is 6.23 Å². The van der Waals surface area contributed by atoms with Crippen LogP contribution in [0.25, 0.3) is 0 Å². The Morgan fingerprint density at radius 2 is 2.23 bits per heavy atom. The van der Waals surface area contributed by atoms with Crippen molar-refractivity contribution in [2.75, 3.05) is 0 Å². The second-order valence-electron chi connectivity index (χ2n) is 3.09. The molecule has 0 amide bonds. The minimum atomic E-state index is -0.504. The number of hydrogen-bond acceptors (Lipinski definition) is 2. The van der Waals surface area contributed by atoms with E-state index >= 15 is 0 Å². The van der Waals surface area contributed by atoms with Crippen molar-refractivity contribution in [3.8, 4) is 0 Å². The quantitative estimate of drug-likeness (QED) is 0.731. The predicted octanol–water partition coefficient (Wildman–Crippen LogP) is 2.08. The molecule has 0 aliphatic carbocycles. The zero-order valence-corrected chi connectivity index (χ0v) is 8.60. The third kappa shape index (κ3) is 2.99. The van der Waals surface area contributed by atoms with Gasteiger partial charge < -0.3 is 5.11 Å². The van der Waals surface area contributed by atoms with Gasteiger partial charge in [-0.1, -0.05) is 23.7 Å². The van der Waals surface area contributed by atoms with Crippen LogP contribution in [0.15, 0.2) is 18.2 Å². The molecule has 1 rings (SSSR count). The molecule has 1 aromatic carbocycles. The van der Waals surface area contributed by atoms with Crippen LogP contribution in [0.4, 0.5) is 0 Å². The summed E-state index contributed by atoms with van der Waals surface area (Å²) < 4.78 is 0. The normalized spacial score (nSPS) is 12.9. The maximum Gasteiger partial charge on any atom is 0.102 e. The first-order valence-corrected chi connectivity index (χ1v) is 4.64. The third-order valence-corrected chi connectivity index (χ3v) is 2.28. The predicted molar refractivity (Wildman–Crippen MR) is 54.7 cm³/mol. The van der Waals surface area contributed by atoms with Gasteiger partial charge in [-0.25, -0.2) is 0 Å². The van der Waals surface area contributed by atoms with Gasteiger partial charge in [-0.15, -0.1) is 0 Å². The van der Waals surface area contributed by atoms with Gasteiger partial charge in [0, 0.05) is 11.6 Å². The summed E-state index contributed by atoms with van der Waals surface area (Å²) in [5, 5.41) is 12.7. The first-order chi connectivity index (χ1) is 6.11. The Labute approximate surface area is 83.5 Å². The number of aliphatic hydroxyl groups excluding tert-OH is 1. The van der Waals surface area contributed by atoms with E-state index in [-0.39, 0.29) is 0 Å². The topological polar surface area (TPSA) is 32.3 Å². The molecule has 0 bridgehead atoms. The number of aliphatic hydroxyl groups is 1. The van der Waals surface area contributed by atoms with Gasteiger partial charge in [0.05, 0.1) is 0 Å². The van der Waals surface area contributed by atoms with Crippen LogP contribution in [0, 0.1) is 6.92 Å². The molecule has 13 heavy (non-hydrogen) atoms. The molecule has 0 aliphatic rings. The zero-order chi connectivity index (χ0) is 9.84. The van der Waals surface area contributed by atoms with E-state index in [1.54, 1.807) is 6.92 Å². The van der Waals surface area contributed by atoms with Gasteiger partial charge >= 0.3 is 0 Å². The lowest BCUT2D eigenvalue weighted by Crippen LogP contribution is -2.25. The fourth-order valence-corrected chi connectivity index (χ4v) is 1.43. The maximum atomic E-state index is 9.04. The molecular formula is C10H14ClNO. The van der Waals surface area contributed by atoms with Crippen LogP contribution in [-0.4, -0.2) is 11.3 Å². The molecule has 0 aromatic heterocycles. The standard InChI is InChI=1S/C10H14ClNO/c1-7-4-3-5-10(11)9(7)6-12-8(2)13/h3-5,8,12-13H,6H2,1-2H3. The number of benzene rings is 1. The Balaban J connectivity index is 2.75. The van der Waals surface area contributed by atoms with Gasteiger partial charge in [0.15, 0.2) is 0 Å². The van der Waals surface area contributed by atoms with Crippen molar-refractivity contribution >= 4 is 11.6 Å². The number of aryl methyl sites for hydroxylation is 1. The van der Waals surface area contributed by atoms with Crippen LogP contribution in [0.3, 0.4) is 0 Å². The van der Waals surface area contributed by atoms with Gasteiger partial charge in [0.25, 0.3) is 0 Å². The molecule has 1 aromatic rings. The number of halogens is 1. The molecule has 3 heteroatoms. The molecule has 0 saturated heterocycles. The second-order valence-corrected chi connectivity index (χ2v) is 3.50. The van der Waals surface area contributed by atoms with Gasteiger partial charge in [-0.3, -0.25) is 5.32 Å². The molecule has 72 valence electrons. The highest BCUT2D eigenvalue weighted by molar-refractivity contribution is 6.31. The highest BCUT2D eigenvalue weighted by Gasteiger charge is 2.03. The number of nitrogens with one attached hydrogen (secondary N) is 1. The summed E-state index contributed by atoms with van der Waals surface area (Å²) in [7, 11) is 0.